The number of amides is 2. The zero-order chi connectivity index (χ0) is 14.9. The predicted molar refractivity (Wildman–Crippen MR) is 72.8 cm³/mol. The molecule has 1 atom stereocenters. The summed E-state index contributed by atoms with van der Waals surface area (Å²) in [4.78, 5) is 24.2. The van der Waals surface area contributed by atoms with E-state index in [1.807, 2.05) is 0 Å². The van der Waals surface area contributed by atoms with Crippen molar-refractivity contribution >= 4 is 40.9 Å². The van der Waals surface area contributed by atoms with E-state index in [1.165, 1.54) is 17.0 Å². The molecule has 0 saturated carbocycles. The second kappa shape index (κ2) is 5.85. The van der Waals surface area contributed by atoms with Gasteiger partial charge in [-0.25, -0.2) is 14.0 Å². The molecule has 0 aromatic heterocycles. The molecule has 8 heteroatoms. The van der Waals surface area contributed by atoms with E-state index in [0.29, 0.717) is 19.4 Å². The van der Waals surface area contributed by atoms with Gasteiger partial charge < -0.3 is 15.3 Å². The largest absolute Gasteiger partial charge is 0.480 e. The minimum Gasteiger partial charge on any atom is -0.480 e. The lowest BCUT2D eigenvalue weighted by Crippen LogP contribution is -2.42. The van der Waals surface area contributed by atoms with Crippen molar-refractivity contribution in [3.63, 3.8) is 0 Å². The fourth-order valence-electron chi connectivity index (χ4n) is 2.09. The maximum Gasteiger partial charge on any atom is 0.326 e. The van der Waals surface area contributed by atoms with E-state index < -0.39 is 23.9 Å². The molecule has 108 valence electrons. The predicted octanol–water partition coefficient (Wildman–Crippen LogP) is 3.21. The Balaban J connectivity index is 2.14. The zero-order valence-corrected chi connectivity index (χ0v) is 11.7. The third-order valence-electron chi connectivity index (χ3n) is 3.03. The van der Waals surface area contributed by atoms with E-state index in [1.54, 1.807) is 0 Å². The molecule has 1 aliphatic heterocycles. The van der Waals surface area contributed by atoms with Gasteiger partial charge in [0.05, 0.1) is 10.0 Å². The molecule has 0 aliphatic carbocycles. The summed E-state index contributed by atoms with van der Waals surface area (Å²) >= 11 is 11.2. The van der Waals surface area contributed by atoms with Crippen molar-refractivity contribution in [1.29, 1.82) is 0 Å². The van der Waals surface area contributed by atoms with E-state index in [0.717, 1.165) is 0 Å². The third-order valence-corrected chi connectivity index (χ3v) is 3.58. The zero-order valence-electron chi connectivity index (χ0n) is 10.2. The molecule has 0 spiro atoms. The summed E-state index contributed by atoms with van der Waals surface area (Å²) in [6.07, 6.45) is 1.03. The second-order valence-corrected chi connectivity index (χ2v) is 5.19. The monoisotopic (exact) mass is 320 g/mol. The van der Waals surface area contributed by atoms with Crippen LogP contribution in [0, 0.1) is 5.82 Å². The number of carboxylic acid groups (broad SMARTS) is 1. The van der Waals surface area contributed by atoms with Crippen molar-refractivity contribution in [2.45, 2.75) is 18.9 Å². The Kier molecular flexibility index (Phi) is 4.35. The molecule has 1 heterocycles. The van der Waals surface area contributed by atoms with Crippen LogP contribution in [-0.2, 0) is 4.79 Å². The van der Waals surface area contributed by atoms with Gasteiger partial charge in [-0.1, -0.05) is 23.2 Å². The van der Waals surface area contributed by atoms with Gasteiger partial charge in [-0.15, -0.1) is 0 Å². The van der Waals surface area contributed by atoms with Gasteiger partial charge in [-0.3, -0.25) is 0 Å². The first kappa shape index (κ1) is 14.9. The van der Waals surface area contributed by atoms with Crippen LogP contribution in [-0.4, -0.2) is 34.6 Å². The quantitative estimate of drug-likeness (QED) is 0.822. The lowest BCUT2D eigenvalue weighted by Gasteiger charge is -2.22. The summed E-state index contributed by atoms with van der Waals surface area (Å²) in [6, 6.07) is 1.01. The topological polar surface area (TPSA) is 69.6 Å². The number of anilines is 1. The van der Waals surface area contributed by atoms with Crippen molar-refractivity contribution < 1.29 is 19.1 Å². The highest BCUT2D eigenvalue weighted by atomic mass is 35.5. The van der Waals surface area contributed by atoms with Crippen LogP contribution >= 0.6 is 23.2 Å². The molecule has 2 rings (SSSR count). The molecule has 0 bridgehead atoms. The van der Waals surface area contributed by atoms with Crippen LogP contribution < -0.4 is 5.32 Å². The first-order valence-corrected chi connectivity index (χ1v) is 6.60. The Morgan fingerprint density at radius 2 is 1.95 bits per heavy atom. The molecule has 1 aromatic rings. The van der Waals surface area contributed by atoms with Crippen LogP contribution in [0.1, 0.15) is 12.8 Å². The first-order valence-electron chi connectivity index (χ1n) is 5.85. The number of rotatable bonds is 2. The number of halogens is 3. The number of hydrogen-bond acceptors (Lipinski definition) is 2. The van der Waals surface area contributed by atoms with E-state index >= 15 is 0 Å². The number of aliphatic carboxylic acids is 1. The van der Waals surface area contributed by atoms with Crippen LogP contribution in [0.3, 0.4) is 0 Å². The number of urea groups is 1. The molecular formula is C12H11Cl2FN2O3. The Bertz CT molecular complexity index is 545. The molecule has 2 amide bonds. The Labute approximate surface area is 124 Å². The van der Waals surface area contributed by atoms with Gasteiger partial charge in [0.25, 0.3) is 0 Å². The molecule has 5 nitrogen and oxygen atoms in total. The lowest BCUT2D eigenvalue weighted by molar-refractivity contribution is -0.141. The molecular weight excluding hydrogens is 310 g/mol. The van der Waals surface area contributed by atoms with Crippen LogP contribution in [0.2, 0.25) is 10.0 Å². The normalized spacial score (nSPS) is 18.1. The van der Waals surface area contributed by atoms with Crippen molar-refractivity contribution in [1.82, 2.24) is 4.90 Å². The van der Waals surface area contributed by atoms with Crippen LogP contribution in [0.4, 0.5) is 14.9 Å². The molecule has 1 fully saturated rings. The number of likely N-dealkylation sites (tertiary alicyclic amines) is 1. The summed E-state index contributed by atoms with van der Waals surface area (Å²) in [7, 11) is 0. The summed E-state index contributed by atoms with van der Waals surface area (Å²) in [5.41, 5.74) is 0.211. The van der Waals surface area contributed by atoms with E-state index in [2.05, 4.69) is 5.32 Å². The Hall–Kier alpha value is -1.53. The van der Waals surface area contributed by atoms with Gasteiger partial charge in [-0.05, 0) is 25.0 Å². The van der Waals surface area contributed by atoms with E-state index in [4.69, 9.17) is 28.3 Å². The molecule has 20 heavy (non-hydrogen) atoms. The number of nitrogens with one attached hydrogen (secondary N) is 1. The number of carbonyl (C=O) groups is 2. The van der Waals surface area contributed by atoms with Gasteiger partial charge in [0, 0.05) is 12.2 Å². The van der Waals surface area contributed by atoms with Gasteiger partial charge in [-0.2, -0.15) is 0 Å². The summed E-state index contributed by atoms with van der Waals surface area (Å²) in [6.45, 7) is 0.353. The maximum absolute atomic E-state index is 13.3. The van der Waals surface area contributed by atoms with E-state index in [9.17, 15) is 14.0 Å². The van der Waals surface area contributed by atoms with Gasteiger partial charge in [0.2, 0.25) is 0 Å². The van der Waals surface area contributed by atoms with Crippen molar-refractivity contribution in [3.05, 3.63) is 28.0 Å². The molecule has 1 saturated heterocycles. The van der Waals surface area contributed by atoms with Gasteiger partial charge in [0.15, 0.2) is 5.82 Å². The second-order valence-electron chi connectivity index (χ2n) is 4.37. The Morgan fingerprint density at radius 3 is 2.50 bits per heavy atom. The van der Waals surface area contributed by atoms with Gasteiger partial charge >= 0.3 is 12.0 Å². The molecule has 0 radical (unpaired) electrons. The number of hydrogen-bond donors (Lipinski definition) is 2. The summed E-state index contributed by atoms with van der Waals surface area (Å²) in [5.74, 6) is -1.82. The number of carbonyl (C=O) groups excluding carboxylic acids is 1. The average molecular weight is 321 g/mol. The van der Waals surface area contributed by atoms with Crippen molar-refractivity contribution in [2.75, 3.05) is 11.9 Å². The minimum atomic E-state index is -1.05. The van der Waals surface area contributed by atoms with Crippen LogP contribution in [0.15, 0.2) is 12.1 Å². The van der Waals surface area contributed by atoms with Crippen molar-refractivity contribution in [2.24, 2.45) is 0 Å². The smallest absolute Gasteiger partial charge is 0.326 e. The average Bonchev–Trinajstić information content (AvgIpc) is 2.85. The minimum absolute atomic E-state index is 0.211. The Morgan fingerprint density at radius 1 is 1.35 bits per heavy atom. The molecule has 1 aromatic carbocycles. The SMILES string of the molecule is O=C(O)[C@H]1CCCN1C(=O)Nc1cc(Cl)c(F)c(Cl)c1. The highest BCUT2D eigenvalue weighted by Crippen LogP contribution is 2.28. The first-order chi connectivity index (χ1) is 9.40. The summed E-state index contributed by atoms with van der Waals surface area (Å²) < 4.78 is 13.3. The standard InChI is InChI=1S/C12H11Cl2FN2O3/c13-7-4-6(5-8(14)10(7)15)16-12(20)17-3-1-2-9(17)11(18)19/h4-5,9H,1-3H2,(H,16,20)(H,18,19)/t9-/m1/s1. The van der Waals surface area contributed by atoms with E-state index in [-0.39, 0.29) is 15.7 Å². The molecule has 0 unspecified atom stereocenters. The number of benzene rings is 1. The number of carboxylic acids is 1. The fourth-order valence-corrected chi connectivity index (χ4v) is 2.58. The fraction of sp³-hybridized carbons (Fsp3) is 0.333. The summed E-state index contributed by atoms with van der Waals surface area (Å²) in [5, 5.41) is 11.0. The highest BCUT2D eigenvalue weighted by Gasteiger charge is 2.34. The highest BCUT2D eigenvalue weighted by molar-refractivity contribution is 6.35. The molecule has 2 N–H and O–H groups in total. The van der Waals surface area contributed by atoms with Crippen molar-refractivity contribution in [3.8, 4) is 0 Å². The van der Waals surface area contributed by atoms with Crippen LogP contribution in [0.5, 0.6) is 0 Å². The molecule has 1 aliphatic rings. The van der Waals surface area contributed by atoms with Crippen LogP contribution in [0.25, 0.3) is 0 Å². The lowest BCUT2D eigenvalue weighted by atomic mass is 10.2. The maximum atomic E-state index is 13.3. The third kappa shape index (κ3) is 2.96. The number of nitrogens with zero attached hydrogens (tertiary/aromatic N) is 1. The van der Waals surface area contributed by atoms with Gasteiger partial charge in [0.1, 0.15) is 6.04 Å².